The van der Waals surface area contributed by atoms with Gasteiger partial charge in [-0.2, -0.15) is 0 Å². The zero-order valence-electron chi connectivity index (χ0n) is 7.91. The number of fused-ring (bicyclic) bond motifs is 2. The first-order valence-corrected chi connectivity index (χ1v) is 4.77. The van der Waals surface area contributed by atoms with Gasteiger partial charge in [0.05, 0.1) is 0 Å². The number of piperidine rings is 1. The largest absolute Gasteiger partial charge is 0.311 e. The Morgan fingerprint density at radius 2 is 2.00 bits per heavy atom. The summed E-state index contributed by atoms with van der Waals surface area (Å²) in [5, 5.41) is 3.64. The maximum absolute atomic E-state index is 3.64. The summed E-state index contributed by atoms with van der Waals surface area (Å²) in [5.74, 6) is 0.980. The van der Waals surface area contributed by atoms with E-state index in [0.717, 1.165) is 5.92 Å². The highest BCUT2D eigenvalue weighted by atomic mass is 15.0. The van der Waals surface area contributed by atoms with Crippen molar-refractivity contribution in [3.05, 3.63) is 0 Å². The predicted octanol–water partition coefficient (Wildman–Crippen LogP) is 2.17. The Bertz CT molecular complexity index is 171. The second-order valence-corrected chi connectivity index (χ2v) is 5.34. The van der Waals surface area contributed by atoms with E-state index in [1.54, 1.807) is 0 Å². The summed E-state index contributed by atoms with van der Waals surface area (Å²) in [4.78, 5) is 0. The molecule has 2 atom stereocenters. The summed E-state index contributed by atoms with van der Waals surface area (Å²) in [6.45, 7) is 8.48. The second-order valence-electron chi connectivity index (χ2n) is 5.34. The molecule has 2 aliphatic rings. The van der Waals surface area contributed by atoms with Crippen LogP contribution < -0.4 is 5.32 Å². The minimum Gasteiger partial charge on any atom is -0.311 e. The smallest absolute Gasteiger partial charge is 0.0161 e. The van der Waals surface area contributed by atoms with Crippen LogP contribution in [0.15, 0.2) is 0 Å². The highest BCUT2D eigenvalue weighted by Gasteiger charge is 2.48. The lowest BCUT2D eigenvalue weighted by atomic mass is 9.80. The molecule has 2 bridgehead atoms. The van der Waals surface area contributed by atoms with Crippen molar-refractivity contribution in [3.63, 3.8) is 0 Å². The van der Waals surface area contributed by atoms with Crippen LogP contribution in [0.1, 0.15) is 40.0 Å². The van der Waals surface area contributed by atoms with Crippen molar-refractivity contribution in [3.8, 4) is 0 Å². The third kappa shape index (κ3) is 1.10. The number of hydrogen-bond acceptors (Lipinski definition) is 1. The highest BCUT2D eigenvalue weighted by Crippen LogP contribution is 2.51. The summed E-state index contributed by atoms with van der Waals surface area (Å²) < 4.78 is 0. The quantitative estimate of drug-likeness (QED) is 0.562. The van der Waals surface area contributed by atoms with Gasteiger partial charge in [-0.1, -0.05) is 13.8 Å². The first-order valence-electron chi connectivity index (χ1n) is 4.77. The standard InChI is InChI=1S/C10H19N/c1-9(2)7-10(3)6-8(9)4-5-11-10/h8,11H,4-7H2,1-3H3/t8-,10+/m1/s1. The van der Waals surface area contributed by atoms with Gasteiger partial charge in [0.15, 0.2) is 0 Å². The Labute approximate surface area is 69.6 Å². The lowest BCUT2D eigenvalue weighted by Gasteiger charge is -2.30. The zero-order chi connectivity index (χ0) is 8.11. The van der Waals surface area contributed by atoms with E-state index in [4.69, 9.17) is 0 Å². The predicted molar refractivity (Wildman–Crippen MR) is 47.5 cm³/mol. The van der Waals surface area contributed by atoms with E-state index in [1.807, 2.05) is 0 Å². The topological polar surface area (TPSA) is 12.0 Å². The molecule has 0 aromatic heterocycles. The van der Waals surface area contributed by atoms with Crippen molar-refractivity contribution in [2.45, 2.75) is 45.6 Å². The van der Waals surface area contributed by atoms with Crippen LogP contribution in [-0.4, -0.2) is 12.1 Å². The van der Waals surface area contributed by atoms with Gasteiger partial charge in [-0.05, 0) is 44.1 Å². The van der Waals surface area contributed by atoms with E-state index in [1.165, 1.54) is 25.8 Å². The van der Waals surface area contributed by atoms with Crippen molar-refractivity contribution in [1.82, 2.24) is 5.32 Å². The molecule has 1 nitrogen and oxygen atoms in total. The van der Waals surface area contributed by atoms with Crippen molar-refractivity contribution >= 4 is 0 Å². The SMILES string of the molecule is CC1(C)C[C@]2(C)C[C@H]1CCN2. The van der Waals surface area contributed by atoms with Crippen LogP contribution >= 0.6 is 0 Å². The molecule has 0 aromatic rings. The van der Waals surface area contributed by atoms with E-state index in [-0.39, 0.29) is 0 Å². The average molecular weight is 153 g/mol. The van der Waals surface area contributed by atoms with Crippen LogP contribution in [0.25, 0.3) is 0 Å². The Hall–Kier alpha value is -0.0400. The molecule has 2 fully saturated rings. The Morgan fingerprint density at radius 1 is 1.27 bits per heavy atom. The minimum atomic E-state index is 0.479. The van der Waals surface area contributed by atoms with Gasteiger partial charge in [0.2, 0.25) is 0 Å². The number of hydrogen-bond donors (Lipinski definition) is 1. The fourth-order valence-electron chi connectivity index (χ4n) is 3.22. The van der Waals surface area contributed by atoms with Gasteiger partial charge in [0.1, 0.15) is 0 Å². The molecule has 1 aliphatic carbocycles. The minimum absolute atomic E-state index is 0.479. The maximum atomic E-state index is 3.64. The molecular formula is C10H19N. The van der Waals surface area contributed by atoms with Gasteiger partial charge in [-0.25, -0.2) is 0 Å². The molecule has 64 valence electrons. The Kier molecular flexibility index (Phi) is 1.39. The van der Waals surface area contributed by atoms with E-state index < -0.39 is 0 Å². The van der Waals surface area contributed by atoms with Crippen LogP contribution in [0.2, 0.25) is 0 Å². The molecule has 0 spiro atoms. The Morgan fingerprint density at radius 3 is 2.55 bits per heavy atom. The normalized spacial score (nSPS) is 47.7. The number of rotatable bonds is 0. The lowest BCUT2D eigenvalue weighted by molar-refractivity contribution is 0.243. The van der Waals surface area contributed by atoms with Crippen molar-refractivity contribution in [2.75, 3.05) is 6.54 Å². The third-order valence-corrected chi connectivity index (χ3v) is 3.69. The van der Waals surface area contributed by atoms with Crippen molar-refractivity contribution < 1.29 is 0 Å². The summed E-state index contributed by atoms with van der Waals surface area (Å²) in [7, 11) is 0. The molecule has 1 aliphatic heterocycles. The molecule has 11 heavy (non-hydrogen) atoms. The van der Waals surface area contributed by atoms with Gasteiger partial charge >= 0.3 is 0 Å². The molecule has 1 saturated carbocycles. The molecule has 0 amide bonds. The van der Waals surface area contributed by atoms with Gasteiger partial charge in [-0.15, -0.1) is 0 Å². The third-order valence-electron chi connectivity index (χ3n) is 3.69. The molecule has 1 saturated heterocycles. The summed E-state index contributed by atoms with van der Waals surface area (Å²) >= 11 is 0. The lowest BCUT2D eigenvalue weighted by Crippen LogP contribution is -2.43. The van der Waals surface area contributed by atoms with Crippen molar-refractivity contribution in [1.29, 1.82) is 0 Å². The second kappa shape index (κ2) is 2.01. The van der Waals surface area contributed by atoms with E-state index in [9.17, 15) is 0 Å². The summed E-state index contributed by atoms with van der Waals surface area (Å²) in [5.41, 5.74) is 1.07. The molecular weight excluding hydrogens is 134 g/mol. The first-order chi connectivity index (χ1) is 5.02. The van der Waals surface area contributed by atoms with Crippen LogP contribution in [0, 0.1) is 11.3 Å². The molecule has 0 aromatic carbocycles. The average Bonchev–Trinajstić information content (AvgIpc) is 1.98. The monoisotopic (exact) mass is 153 g/mol. The fraction of sp³-hybridized carbons (Fsp3) is 1.00. The van der Waals surface area contributed by atoms with Gasteiger partial charge in [-0.3, -0.25) is 0 Å². The zero-order valence-corrected chi connectivity index (χ0v) is 7.91. The van der Waals surface area contributed by atoms with Gasteiger partial charge in [0, 0.05) is 5.54 Å². The molecule has 0 radical (unpaired) electrons. The molecule has 1 heteroatoms. The Balaban J connectivity index is 2.24. The van der Waals surface area contributed by atoms with Gasteiger partial charge < -0.3 is 5.32 Å². The molecule has 0 unspecified atom stereocenters. The number of nitrogens with one attached hydrogen (secondary N) is 1. The van der Waals surface area contributed by atoms with Crippen LogP contribution in [-0.2, 0) is 0 Å². The van der Waals surface area contributed by atoms with Gasteiger partial charge in [0.25, 0.3) is 0 Å². The molecule has 1 heterocycles. The van der Waals surface area contributed by atoms with E-state index in [2.05, 4.69) is 26.1 Å². The summed E-state index contributed by atoms with van der Waals surface area (Å²) in [6.07, 6.45) is 4.16. The van der Waals surface area contributed by atoms with Crippen LogP contribution in [0.4, 0.5) is 0 Å². The van der Waals surface area contributed by atoms with E-state index >= 15 is 0 Å². The highest BCUT2D eigenvalue weighted by molar-refractivity contribution is 5.04. The molecule has 1 N–H and O–H groups in total. The van der Waals surface area contributed by atoms with Crippen molar-refractivity contribution in [2.24, 2.45) is 11.3 Å². The first kappa shape index (κ1) is 7.60. The van der Waals surface area contributed by atoms with E-state index in [0.29, 0.717) is 11.0 Å². The van der Waals surface area contributed by atoms with Crippen LogP contribution in [0.5, 0.6) is 0 Å². The maximum Gasteiger partial charge on any atom is 0.0161 e. The summed E-state index contributed by atoms with van der Waals surface area (Å²) in [6, 6.07) is 0. The van der Waals surface area contributed by atoms with Crippen LogP contribution in [0.3, 0.4) is 0 Å². The fourth-order valence-corrected chi connectivity index (χ4v) is 3.22. The molecule has 2 rings (SSSR count).